The molecule has 2 aromatic heterocycles. The van der Waals surface area contributed by atoms with Crippen LogP contribution < -0.4 is 5.32 Å². The maximum absolute atomic E-state index is 5.37. The fourth-order valence-corrected chi connectivity index (χ4v) is 2.99. The van der Waals surface area contributed by atoms with Crippen LogP contribution in [0.3, 0.4) is 0 Å². The summed E-state index contributed by atoms with van der Waals surface area (Å²) in [4.78, 5) is 2.44. The van der Waals surface area contributed by atoms with Crippen molar-refractivity contribution in [2.24, 2.45) is 0 Å². The summed E-state index contributed by atoms with van der Waals surface area (Å²) in [6.07, 6.45) is 2.72. The van der Waals surface area contributed by atoms with Gasteiger partial charge in [0.05, 0.1) is 13.2 Å². The number of fused-ring (bicyclic) bond motifs is 3. The van der Waals surface area contributed by atoms with E-state index < -0.39 is 0 Å². The SMILES string of the molecule is c1ccc2c(c1)c(NCCCN1CCOCC1)nn1cnnc21. The molecule has 0 spiro atoms. The summed E-state index contributed by atoms with van der Waals surface area (Å²) >= 11 is 0. The summed E-state index contributed by atoms with van der Waals surface area (Å²) in [5.74, 6) is 0.884. The van der Waals surface area contributed by atoms with Crippen LogP contribution in [0.4, 0.5) is 5.82 Å². The zero-order chi connectivity index (χ0) is 15.5. The summed E-state index contributed by atoms with van der Waals surface area (Å²) in [6.45, 7) is 5.75. The topological polar surface area (TPSA) is 67.6 Å². The van der Waals surface area contributed by atoms with Gasteiger partial charge in [-0.25, -0.2) is 0 Å². The number of rotatable bonds is 5. The first-order valence-corrected chi connectivity index (χ1v) is 8.04. The van der Waals surface area contributed by atoms with E-state index in [1.165, 1.54) is 0 Å². The predicted octanol–water partition coefficient (Wildman–Crippen LogP) is 1.41. The molecular weight excluding hydrogens is 292 g/mol. The van der Waals surface area contributed by atoms with Crippen LogP contribution in [0, 0.1) is 0 Å². The lowest BCUT2D eigenvalue weighted by Crippen LogP contribution is -2.37. The molecule has 0 unspecified atom stereocenters. The van der Waals surface area contributed by atoms with Crippen LogP contribution in [-0.2, 0) is 4.74 Å². The Morgan fingerprint density at radius 2 is 1.96 bits per heavy atom. The van der Waals surface area contributed by atoms with E-state index in [1.54, 1.807) is 10.8 Å². The van der Waals surface area contributed by atoms with Crippen molar-refractivity contribution in [2.45, 2.75) is 6.42 Å². The van der Waals surface area contributed by atoms with Crippen LogP contribution in [0.25, 0.3) is 16.4 Å². The quantitative estimate of drug-likeness (QED) is 0.719. The molecule has 0 radical (unpaired) electrons. The molecule has 0 atom stereocenters. The number of hydrogen-bond donors (Lipinski definition) is 1. The Labute approximate surface area is 134 Å². The van der Waals surface area contributed by atoms with Crippen LogP contribution in [0.15, 0.2) is 30.6 Å². The zero-order valence-electron chi connectivity index (χ0n) is 13.0. The monoisotopic (exact) mass is 312 g/mol. The second-order valence-corrected chi connectivity index (χ2v) is 5.73. The molecule has 0 saturated carbocycles. The Hall–Kier alpha value is -2.25. The van der Waals surface area contributed by atoms with Crippen LogP contribution >= 0.6 is 0 Å². The van der Waals surface area contributed by atoms with E-state index in [-0.39, 0.29) is 0 Å². The van der Waals surface area contributed by atoms with Crippen molar-refractivity contribution in [3.63, 3.8) is 0 Å². The lowest BCUT2D eigenvalue weighted by molar-refractivity contribution is 0.0378. The molecule has 3 aromatic rings. The first kappa shape index (κ1) is 14.3. The average molecular weight is 312 g/mol. The maximum Gasteiger partial charge on any atom is 0.185 e. The number of nitrogens with one attached hydrogen (secondary N) is 1. The van der Waals surface area contributed by atoms with Gasteiger partial charge in [-0.2, -0.15) is 4.52 Å². The third-order valence-electron chi connectivity index (χ3n) is 4.21. The van der Waals surface area contributed by atoms with Crippen molar-refractivity contribution in [1.82, 2.24) is 24.7 Å². The van der Waals surface area contributed by atoms with Gasteiger partial charge in [-0.3, -0.25) is 4.90 Å². The van der Waals surface area contributed by atoms with Crippen molar-refractivity contribution in [2.75, 3.05) is 44.7 Å². The van der Waals surface area contributed by atoms with Gasteiger partial charge >= 0.3 is 0 Å². The molecule has 7 nitrogen and oxygen atoms in total. The van der Waals surface area contributed by atoms with Crippen LogP contribution in [-0.4, -0.2) is 64.1 Å². The van der Waals surface area contributed by atoms with Crippen molar-refractivity contribution in [3.05, 3.63) is 30.6 Å². The van der Waals surface area contributed by atoms with Crippen LogP contribution in [0.1, 0.15) is 6.42 Å². The number of ether oxygens (including phenoxy) is 1. The van der Waals surface area contributed by atoms with E-state index in [0.717, 1.165) is 68.1 Å². The van der Waals surface area contributed by atoms with Gasteiger partial charge < -0.3 is 10.1 Å². The Morgan fingerprint density at radius 3 is 2.83 bits per heavy atom. The zero-order valence-corrected chi connectivity index (χ0v) is 13.0. The number of morpholine rings is 1. The van der Waals surface area contributed by atoms with E-state index >= 15 is 0 Å². The molecule has 4 rings (SSSR count). The van der Waals surface area contributed by atoms with E-state index in [2.05, 4.69) is 37.6 Å². The van der Waals surface area contributed by atoms with Gasteiger partial charge in [-0.15, -0.1) is 15.3 Å². The molecule has 120 valence electrons. The van der Waals surface area contributed by atoms with Crippen molar-refractivity contribution < 1.29 is 4.74 Å². The normalized spacial score (nSPS) is 16.2. The molecule has 1 aliphatic heterocycles. The van der Waals surface area contributed by atoms with Crippen molar-refractivity contribution in [1.29, 1.82) is 0 Å². The molecule has 3 heterocycles. The first-order valence-electron chi connectivity index (χ1n) is 8.04. The summed E-state index contributed by atoms with van der Waals surface area (Å²) in [5.41, 5.74) is 0.791. The van der Waals surface area contributed by atoms with Gasteiger partial charge in [0.2, 0.25) is 0 Å². The molecule has 1 aliphatic rings. The minimum absolute atomic E-state index is 0.791. The fraction of sp³-hybridized carbons (Fsp3) is 0.438. The highest BCUT2D eigenvalue weighted by Gasteiger charge is 2.11. The molecule has 0 amide bonds. The standard InChI is InChI=1S/C16H20N6O/c1-2-5-14-13(4-1)15(20-22-12-18-19-16(14)22)17-6-3-7-21-8-10-23-11-9-21/h1-2,4-5,12H,3,6-11H2,(H,17,20). The predicted molar refractivity (Wildman–Crippen MR) is 88.7 cm³/mol. The molecule has 1 N–H and O–H groups in total. The molecule has 23 heavy (non-hydrogen) atoms. The molecule has 1 aromatic carbocycles. The van der Waals surface area contributed by atoms with E-state index in [4.69, 9.17) is 4.74 Å². The second kappa shape index (κ2) is 6.47. The van der Waals surface area contributed by atoms with Gasteiger partial charge in [0.15, 0.2) is 11.5 Å². The van der Waals surface area contributed by atoms with Gasteiger partial charge in [-0.1, -0.05) is 24.3 Å². The molecule has 7 heteroatoms. The molecule has 1 fully saturated rings. The summed E-state index contributed by atoms with van der Waals surface area (Å²) in [5, 5.41) is 18.3. The number of benzene rings is 1. The van der Waals surface area contributed by atoms with Crippen LogP contribution in [0.5, 0.6) is 0 Å². The van der Waals surface area contributed by atoms with Gasteiger partial charge in [-0.05, 0) is 13.0 Å². The summed E-state index contributed by atoms with van der Waals surface area (Å²) in [6, 6.07) is 8.16. The van der Waals surface area contributed by atoms with Crippen molar-refractivity contribution in [3.8, 4) is 0 Å². The number of nitrogens with zero attached hydrogens (tertiary/aromatic N) is 5. The van der Waals surface area contributed by atoms with E-state index in [9.17, 15) is 0 Å². The van der Waals surface area contributed by atoms with Gasteiger partial charge in [0.25, 0.3) is 0 Å². The summed E-state index contributed by atoms with van der Waals surface area (Å²) < 4.78 is 7.10. The Morgan fingerprint density at radius 1 is 1.13 bits per heavy atom. The fourth-order valence-electron chi connectivity index (χ4n) is 2.99. The lowest BCUT2D eigenvalue weighted by Gasteiger charge is -2.26. The third kappa shape index (κ3) is 2.97. The highest BCUT2D eigenvalue weighted by Crippen LogP contribution is 2.23. The second-order valence-electron chi connectivity index (χ2n) is 5.73. The first-order chi connectivity index (χ1) is 11.4. The van der Waals surface area contributed by atoms with Gasteiger partial charge in [0.1, 0.15) is 6.33 Å². The summed E-state index contributed by atoms with van der Waals surface area (Å²) in [7, 11) is 0. The number of aromatic nitrogens is 4. The van der Waals surface area contributed by atoms with E-state index in [0.29, 0.717) is 0 Å². The number of anilines is 1. The van der Waals surface area contributed by atoms with Crippen LogP contribution in [0.2, 0.25) is 0 Å². The Balaban J connectivity index is 1.47. The smallest absolute Gasteiger partial charge is 0.185 e. The average Bonchev–Trinajstić information content (AvgIpc) is 3.08. The highest BCUT2D eigenvalue weighted by molar-refractivity contribution is 5.99. The lowest BCUT2D eigenvalue weighted by atomic mass is 10.2. The molecular formula is C16H20N6O. The minimum atomic E-state index is 0.791. The Bertz CT molecular complexity index is 795. The molecule has 1 saturated heterocycles. The Kier molecular flexibility index (Phi) is 4.04. The van der Waals surface area contributed by atoms with E-state index in [1.807, 2.05) is 12.1 Å². The number of hydrogen-bond acceptors (Lipinski definition) is 6. The maximum atomic E-state index is 5.37. The minimum Gasteiger partial charge on any atom is -0.379 e. The van der Waals surface area contributed by atoms with Crippen molar-refractivity contribution >= 4 is 22.2 Å². The molecule has 0 aliphatic carbocycles. The van der Waals surface area contributed by atoms with Gasteiger partial charge in [0, 0.05) is 30.4 Å². The highest BCUT2D eigenvalue weighted by atomic mass is 16.5. The third-order valence-corrected chi connectivity index (χ3v) is 4.21. The largest absolute Gasteiger partial charge is 0.379 e. The molecule has 0 bridgehead atoms.